The van der Waals surface area contributed by atoms with E-state index in [-0.39, 0.29) is 12.0 Å². The van der Waals surface area contributed by atoms with Crippen molar-refractivity contribution in [3.05, 3.63) is 29.8 Å². The van der Waals surface area contributed by atoms with Crippen LogP contribution in [0.4, 0.5) is 5.69 Å². The lowest BCUT2D eigenvalue weighted by atomic mass is 10.0. The topological polar surface area (TPSA) is 46.3 Å². The van der Waals surface area contributed by atoms with Gasteiger partial charge in [0.15, 0.2) is 0 Å². The van der Waals surface area contributed by atoms with E-state index < -0.39 is 0 Å². The molecule has 0 aromatic heterocycles. The third-order valence-electron chi connectivity index (χ3n) is 4.01. The van der Waals surface area contributed by atoms with Crippen molar-refractivity contribution in [1.82, 2.24) is 4.90 Å². The monoisotopic (exact) mass is 260 g/mol. The molecule has 0 spiro atoms. The molecule has 0 atom stereocenters. The van der Waals surface area contributed by atoms with Gasteiger partial charge >= 0.3 is 0 Å². The van der Waals surface area contributed by atoms with Crippen LogP contribution in [0.5, 0.6) is 0 Å². The summed E-state index contributed by atoms with van der Waals surface area (Å²) in [6.07, 6.45) is 4.48. The molecule has 104 valence electrons. The maximum atomic E-state index is 12.6. The summed E-state index contributed by atoms with van der Waals surface area (Å²) in [5.41, 5.74) is 7.80. The lowest BCUT2D eigenvalue weighted by molar-refractivity contribution is -0.137. The van der Waals surface area contributed by atoms with Crippen LogP contribution in [0.25, 0.3) is 0 Å². The zero-order chi connectivity index (χ0) is 13.8. The molecule has 2 N–H and O–H groups in total. The Hall–Kier alpha value is -1.51. The van der Waals surface area contributed by atoms with Crippen molar-refractivity contribution in [1.29, 1.82) is 0 Å². The predicted molar refractivity (Wildman–Crippen MR) is 78.5 cm³/mol. The number of nitrogen functional groups attached to an aromatic ring is 1. The molecule has 19 heavy (non-hydrogen) atoms. The molecule has 1 aliphatic carbocycles. The van der Waals surface area contributed by atoms with E-state index in [4.69, 9.17) is 5.73 Å². The molecule has 1 amide bonds. The molecule has 1 aliphatic rings. The summed E-state index contributed by atoms with van der Waals surface area (Å²) < 4.78 is 0. The molecule has 1 saturated carbocycles. The third-order valence-corrected chi connectivity index (χ3v) is 4.01. The quantitative estimate of drug-likeness (QED) is 0.845. The summed E-state index contributed by atoms with van der Waals surface area (Å²) in [7, 11) is 0. The second-order valence-electron chi connectivity index (χ2n) is 5.74. The van der Waals surface area contributed by atoms with E-state index in [1.54, 1.807) is 0 Å². The highest BCUT2D eigenvalue weighted by molar-refractivity contribution is 5.79. The normalized spacial score (nSPS) is 15.9. The molecule has 0 bridgehead atoms. The summed E-state index contributed by atoms with van der Waals surface area (Å²) in [5, 5.41) is 0. The average Bonchev–Trinajstić information content (AvgIpc) is 2.90. The molecule has 0 heterocycles. The summed E-state index contributed by atoms with van der Waals surface area (Å²) in [6.45, 7) is 4.78. The average molecular weight is 260 g/mol. The van der Waals surface area contributed by atoms with Crippen molar-refractivity contribution < 1.29 is 4.79 Å². The van der Waals surface area contributed by atoms with Crippen molar-refractivity contribution in [2.24, 2.45) is 5.92 Å². The summed E-state index contributed by atoms with van der Waals surface area (Å²) in [6, 6.07) is 8.02. The minimum atomic E-state index is 0.215. The van der Waals surface area contributed by atoms with E-state index in [2.05, 4.69) is 13.8 Å². The molecule has 1 fully saturated rings. The van der Waals surface area contributed by atoms with Gasteiger partial charge in [0.1, 0.15) is 0 Å². The Bertz CT molecular complexity index is 436. The van der Waals surface area contributed by atoms with Gasteiger partial charge in [-0.15, -0.1) is 0 Å². The Morgan fingerprint density at radius 1 is 1.32 bits per heavy atom. The fourth-order valence-corrected chi connectivity index (χ4v) is 2.78. The minimum Gasteiger partial charge on any atom is -0.398 e. The number of hydrogen-bond donors (Lipinski definition) is 1. The Balaban J connectivity index is 2.12. The number of carbonyl (C=O) groups excluding carboxylic acids is 1. The van der Waals surface area contributed by atoms with Crippen LogP contribution in [-0.4, -0.2) is 16.8 Å². The van der Waals surface area contributed by atoms with Crippen LogP contribution in [0.15, 0.2) is 24.3 Å². The van der Waals surface area contributed by atoms with Crippen molar-refractivity contribution in [3.8, 4) is 0 Å². The number of para-hydroxylation sites is 1. The highest BCUT2D eigenvalue weighted by Crippen LogP contribution is 2.28. The first-order valence-corrected chi connectivity index (χ1v) is 7.23. The maximum absolute atomic E-state index is 12.6. The molecule has 0 aliphatic heterocycles. The highest BCUT2D eigenvalue weighted by Gasteiger charge is 2.28. The predicted octanol–water partition coefficient (Wildman–Crippen LogP) is 3.20. The van der Waals surface area contributed by atoms with Gasteiger partial charge in [-0.25, -0.2) is 0 Å². The summed E-state index contributed by atoms with van der Waals surface area (Å²) >= 11 is 0. The van der Waals surface area contributed by atoms with E-state index in [9.17, 15) is 4.79 Å². The van der Waals surface area contributed by atoms with Gasteiger partial charge in [0, 0.05) is 24.2 Å². The van der Waals surface area contributed by atoms with Crippen LogP contribution >= 0.6 is 0 Å². The first kappa shape index (κ1) is 13.9. The van der Waals surface area contributed by atoms with Crippen molar-refractivity contribution >= 4 is 11.6 Å². The van der Waals surface area contributed by atoms with Crippen LogP contribution < -0.4 is 5.73 Å². The van der Waals surface area contributed by atoms with Crippen LogP contribution in [0.3, 0.4) is 0 Å². The van der Waals surface area contributed by atoms with Crippen LogP contribution in [0.2, 0.25) is 0 Å². The van der Waals surface area contributed by atoms with Gasteiger partial charge in [-0.1, -0.05) is 31.0 Å². The molecule has 3 nitrogen and oxygen atoms in total. The number of carbonyl (C=O) groups is 1. The van der Waals surface area contributed by atoms with Crippen molar-refractivity contribution in [3.63, 3.8) is 0 Å². The first-order chi connectivity index (χ1) is 9.09. The number of amides is 1. The number of nitrogens with two attached hydrogens (primary N) is 1. The molecule has 0 unspecified atom stereocenters. The van der Waals surface area contributed by atoms with Gasteiger partial charge in [-0.3, -0.25) is 4.79 Å². The maximum Gasteiger partial charge on any atom is 0.226 e. The molecular weight excluding hydrogens is 236 g/mol. The van der Waals surface area contributed by atoms with E-state index in [0.717, 1.165) is 24.1 Å². The van der Waals surface area contributed by atoms with Crippen LogP contribution in [0, 0.1) is 5.92 Å². The van der Waals surface area contributed by atoms with Crippen molar-refractivity contribution in [2.75, 3.05) is 5.73 Å². The Kier molecular flexibility index (Phi) is 4.46. The standard InChI is InChI=1S/C16H24N2O/c1-12(2)18(16(19)13-7-3-4-8-13)11-14-9-5-6-10-15(14)17/h5-6,9-10,12-13H,3-4,7-8,11,17H2,1-2H3. The third kappa shape index (κ3) is 3.28. The number of nitrogens with zero attached hydrogens (tertiary/aromatic N) is 1. The fraction of sp³-hybridized carbons (Fsp3) is 0.562. The van der Waals surface area contributed by atoms with E-state index in [1.807, 2.05) is 29.2 Å². The van der Waals surface area contributed by atoms with Gasteiger partial charge in [0.25, 0.3) is 0 Å². The van der Waals surface area contributed by atoms with E-state index in [1.165, 1.54) is 12.8 Å². The second kappa shape index (κ2) is 6.09. The smallest absolute Gasteiger partial charge is 0.226 e. The summed E-state index contributed by atoms with van der Waals surface area (Å²) in [4.78, 5) is 14.6. The zero-order valence-electron chi connectivity index (χ0n) is 11.9. The lowest BCUT2D eigenvalue weighted by Crippen LogP contribution is -2.39. The Morgan fingerprint density at radius 3 is 2.53 bits per heavy atom. The molecular formula is C16H24N2O. The molecule has 0 radical (unpaired) electrons. The molecule has 1 aromatic rings. The Labute approximate surface area is 115 Å². The molecule has 2 rings (SSSR count). The van der Waals surface area contributed by atoms with Crippen molar-refractivity contribution in [2.45, 2.75) is 52.1 Å². The molecule has 1 aromatic carbocycles. The summed E-state index contributed by atoms with van der Waals surface area (Å²) in [5.74, 6) is 0.531. The second-order valence-corrected chi connectivity index (χ2v) is 5.74. The number of rotatable bonds is 4. The molecule has 3 heteroatoms. The van der Waals surface area contributed by atoms with E-state index >= 15 is 0 Å². The Morgan fingerprint density at radius 2 is 1.95 bits per heavy atom. The number of hydrogen-bond acceptors (Lipinski definition) is 2. The van der Waals surface area contributed by atoms with E-state index in [0.29, 0.717) is 12.5 Å². The van der Waals surface area contributed by atoms with Gasteiger partial charge in [0.2, 0.25) is 5.91 Å². The zero-order valence-corrected chi connectivity index (χ0v) is 11.9. The van der Waals surface area contributed by atoms with Gasteiger partial charge < -0.3 is 10.6 Å². The van der Waals surface area contributed by atoms with Gasteiger partial charge in [-0.2, -0.15) is 0 Å². The fourth-order valence-electron chi connectivity index (χ4n) is 2.78. The van der Waals surface area contributed by atoms with Crippen LogP contribution in [0.1, 0.15) is 45.1 Å². The SMILES string of the molecule is CC(C)N(Cc1ccccc1N)C(=O)C1CCCC1. The highest BCUT2D eigenvalue weighted by atomic mass is 16.2. The lowest BCUT2D eigenvalue weighted by Gasteiger charge is -2.30. The van der Waals surface area contributed by atoms with Gasteiger partial charge in [0.05, 0.1) is 0 Å². The minimum absolute atomic E-state index is 0.215. The first-order valence-electron chi connectivity index (χ1n) is 7.23. The van der Waals surface area contributed by atoms with Crippen LogP contribution in [-0.2, 0) is 11.3 Å². The number of anilines is 1. The largest absolute Gasteiger partial charge is 0.398 e. The molecule has 0 saturated heterocycles. The number of benzene rings is 1. The van der Waals surface area contributed by atoms with Gasteiger partial charge in [-0.05, 0) is 38.3 Å².